The van der Waals surface area contributed by atoms with Gasteiger partial charge in [0.05, 0.1) is 6.61 Å². The lowest BCUT2D eigenvalue weighted by atomic mass is 9.84. The van der Waals surface area contributed by atoms with Crippen LogP contribution in [0, 0.1) is 5.92 Å². The number of ether oxygens (including phenoxy) is 1. The lowest BCUT2D eigenvalue weighted by Crippen LogP contribution is -2.05. The second kappa shape index (κ2) is 9.71. The van der Waals surface area contributed by atoms with Crippen LogP contribution >= 0.6 is 0 Å². The van der Waals surface area contributed by atoms with Crippen molar-refractivity contribution in [2.45, 2.75) is 71.6 Å². The van der Waals surface area contributed by atoms with Gasteiger partial charge in [-0.05, 0) is 55.4 Å². The normalized spacial score (nSPS) is 18.1. The fourth-order valence-electron chi connectivity index (χ4n) is 3.38. The summed E-state index contributed by atoms with van der Waals surface area (Å²) in [4.78, 5) is 0. The second-order valence-electron chi connectivity index (χ2n) is 6.53. The first-order chi connectivity index (χ1) is 10.8. The number of allylic oxidation sites excluding steroid dienone is 2. The van der Waals surface area contributed by atoms with E-state index in [-0.39, 0.29) is 0 Å². The van der Waals surface area contributed by atoms with E-state index in [1.54, 1.807) is 0 Å². The van der Waals surface area contributed by atoms with E-state index in [0.717, 1.165) is 18.3 Å². The topological polar surface area (TPSA) is 9.23 Å². The summed E-state index contributed by atoms with van der Waals surface area (Å²) in [7, 11) is 0. The van der Waals surface area contributed by atoms with E-state index in [1.807, 2.05) is 6.92 Å². The first kappa shape index (κ1) is 17.1. The van der Waals surface area contributed by atoms with Crippen molar-refractivity contribution in [2.75, 3.05) is 6.61 Å². The van der Waals surface area contributed by atoms with E-state index in [2.05, 4.69) is 37.3 Å². The van der Waals surface area contributed by atoms with Crippen LogP contribution in [0.25, 0.3) is 5.57 Å². The van der Waals surface area contributed by atoms with Gasteiger partial charge in [0.2, 0.25) is 0 Å². The number of rotatable bonds is 9. The molecule has 0 radical (unpaired) electrons. The molecule has 1 heteroatoms. The maximum atomic E-state index is 5.52. The van der Waals surface area contributed by atoms with E-state index >= 15 is 0 Å². The molecule has 22 heavy (non-hydrogen) atoms. The van der Waals surface area contributed by atoms with Crippen LogP contribution in [0.3, 0.4) is 0 Å². The molecule has 0 heterocycles. The summed E-state index contributed by atoms with van der Waals surface area (Å²) in [6, 6.07) is 8.61. The number of unbranched alkanes of at least 4 members (excludes halogenated alkanes) is 4. The van der Waals surface area contributed by atoms with Crippen LogP contribution in [-0.2, 0) is 0 Å². The van der Waals surface area contributed by atoms with Crippen LogP contribution in [0.4, 0.5) is 0 Å². The molecule has 0 amide bonds. The van der Waals surface area contributed by atoms with Crippen LogP contribution in [-0.4, -0.2) is 6.61 Å². The molecular formula is C21H32O. The fraction of sp³-hybridized carbons (Fsp3) is 0.619. The molecule has 1 atom stereocenters. The largest absolute Gasteiger partial charge is 0.494 e. The highest BCUT2D eigenvalue weighted by molar-refractivity contribution is 5.66. The molecule has 0 N–H and O–H groups in total. The Kier molecular flexibility index (Phi) is 7.56. The Hall–Kier alpha value is -1.24. The zero-order valence-corrected chi connectivity index (χ0v) is 14.4. The van der Waals surface area contributed by atoms with Crippen LogP contribution < -0.4 is 4.74 Å². The molecule has 0 fully saturated rings. The van der Waals surface area contributed by atoms with Gasteiger partial charge in [0.1, 0.15) is 5.75 Å². The summed E-state index contributed by atoms with van der Waals surface area (Å²) in [6.45, 7) is 5.05. The van der Waals surface area contributed by atoms with Gasteiger partial charge in [-0.15, -0.1) is 0 Å². The van der Waals surface area contributed by atoms with Gasteiger partial charge < -0.3 is 4.74 Å². The average molecular weight is 300 g/mol. The van der Waals surface area contributed by atoms with Crippen molar-refractivity contribution < 1.29 is 4.74 Å². The summed E-state index contributed by atoms with van der Waals surface area (Å²) in [6.07, 6.45) is 14.8. The van der Waals surface area contributed by atoms with Crippen LogP contribution in [0.1, 0.15) is 77.2 Å². The number of hydrogen-bond acceptors (Lipinski definition) is 1. The SMILES string of the molecule is CCCCCCCC1CC=C(c2ccc(OCC)cc2)CC1. The molecule has 1 nitrogen and oxygen atoms in total. The highest BCUT2D eigenvalue weighted by Gasteiger charge is 2.15. The second-order valence-corrected chi connectivity index (χ2v) is 6.53. The number of benzene rings is 1. The molecule has 0 aliphatic heterocycles. The Bertz CT molecular complexity index is 443. The maximum absolute atomic E-state index is 5.52. The van der Waals surface area contributed by atoms with Gasteiger partial charge in [0.25, 0.3) is 0 Å². The summed E-state index contributed by atoms with van der Waals surface area (Å²) in [5.74, 6) is 1.90. The summed E-state index contributed by atoms with van der Waals surface area (Å²) in [5.41, 5.74) is 2.91. The molecule has 0 aromatic heterocycles. The molecular weight excluding hydrogens is 268 g/mol. The summed E-state index contributed by atoms with van der Waals surface area (Å²) >= 11 is 0. The van der Waals surface area contributed by atoms with Crippen molar-refractivity contribution in [2.24, 2.45) is 5.92 Å². The minimum absolute atomic E-state index is 0.738. The zero-order chi connectivity index (χ0) is 15.6. The van der Waals surface area contributed by atoms with Crippen molar-refractivity contribution in [3.05, 3.63) is 35.9 Å². The first-order valence-electron chi connectivity index (χ1n) is 9.25. The molecule has 1 unspecified atom stereocenters. The Morgan fingerprint density at radius 3 is 2.41 bits per heavy atom. The van der Waals surface area contributed by atoms with Gasteiger partial charge in [-0.1, -0.05) is 63.7 Å². The predicted octanol–water partition coefficient (Wildman–Crippen LogP) is 6.63. The lowest BCUT2D eigenvalue weighted by molar-refractivity contribution is 0.340. The fourth-order valence-corrected chi connectivity index (χ4v) is 3.38. The molecule has 0 spiro atoms. The van der Waals surface area contributed by atoms with Crippen molar-refractivity contribution in [3.63, 3.8) is 0 Å². The van der Waals surface area contributed by atoms with E-state index in [1.165, 1.54) is 68.9 Å². The van der Waals surface area contributed by atoms with E-state index in [0.29, 0.717) is 0 Å². The van der Waals surface area contributed by atoms with E-state index < -0.39 is 0 Å². The minimum atomic E-state index is 0.738. The lowest BCUT2D eigenvalue weighted by Gasteiger charge is -2.22. The maximum Gasteiger partial charge on any atom is 0.119 e. The molecule has 1 aromatic rings. The molecule has 0 bridgehead atoms. The van der Waals surface area contributed by atoms with Crippen molar-refractivity contribution >= 4 is 5.57 Å². The summed E-state index contributed by atoms with van der Waals surface area (Å²) < 4.78 is 5.52. The Morgan fingerprint density at radius 2 is 1.77 bits per heavy atom. The number of hydrogen-bond donors (Lipinski definition) is 0. The first-order valence-corrected chi connectivity index (χ1v) is 9.25. The van der Waals surface area contributed by atoms with Crippen molar-refractivity contribution in [1.82, 2.24) is 0 Å². The van der Waals surface area contributed by atoms with Crippen molar-refractivity contribution in [3.8, 4) is 5.75 Å². The van der Waals surface area contributed by atoms with Crippen LogP contribution in [0.2, 0.25) is 0 Å². The standard InChI is InChI=1S/C21H32O/c1-3-5-6-7-8-9-18-10-12-19(13-11-18)20-14-16-21(17-15-20)22-4-2/h12,14-18H,3-11,13H2,1-2H3. The monoisotopic (exact) mass is 300 g/mol. The van der Waals surface area contributed by atoms with Gasteiger partial charge in [-0.3, -0.25) is 0 Å². The van der Waals surface area contributed by atoms with Crippen LogP contribution in [0.15, 0.2) is 30.3 Å². The summed E-state index contributed by atoms with van der Waals surface area (Å²) in [5, 5.41) is 0. The van der Waals surface area contributed by atoms with Gasteiger partial charge in [0.15, 0.2) is 0 Å². The molecule has 2 rings (SSSR count). The molecule has 0 saturated heterocycles. The quantitative estimate of drug-likeness (QED) is 0.465. The minimum Gasteiger partial charge on any atom is -0.494 e. The Balaban J connectivity index is 1.76. The zero-order valence-electron chi connectivity index (χ0n) is 14.4. The molecule has 122 valence electrons. The molecule has 1 aliphatic carbocycles. The van der Waals surface area contributed by atoms with E-state index in [4.69, 9.17) is 4.74 Å². The molecule has 1 aliphatic rings. The third kappa shape index (κ3) is 5.51. The Labute approximate surface area is 136 Å². The average Bonchev–Trinajstić information content (AvgIpc) is 2.56. The third-order valence-corrected chi connectivity index (χ3v) is 4.77. The van der Waals surface area contributed by atoms with Gasteiger partial charge in [-0.25, -0.2) is 0 Å². The third-order valence-electron chi connectivity index (χ3n) is 4.77. The highest BCUT2D eigenvalue weighted by Crippen LogP contribution is 2.33. The molecule has 0 saturated carbocycles. The Morgan fingerprint density at radius 1 is 1.00 bits per heavy atom. The van der Waals surface area contributed by atoms with Crippen LogP contribution in [0.5, 0.6) is 5.75 Å². The van der Waals surface area contributed by atoms with E-state index in [9.17, 15) is 0 Å². The van der Waals surface area contributed by atoms with Gasteiger partial charge in [0, 0.05) is 0 Å². The molecule has 1 aromatic carbocycles. The van der Waals surface area contributed by atoms with Gasteiger partial charge in [-0.2, -0.15) is 0 Å². The predicted molar refractivity (Wildman–Crippen MR) is 96.3 cm³/mol. The van der Waals surface area contributed by atoms with Crippen molar-refractivity contribution in [1.29, 1.82) is 0 Å². The smallest absolute Gasteiger partial charge is 0.119 e. The van der Waals surface area contributed by atoms with Gasteiger partial charge >= 0.3 is 0 Å². The highest BCUT2D eigenvalue weighted by atomic mass is 16.5.